The Hall–Kier alpha value is -3.79. The molecule has 31 heavy (non-hydrogen) atoms. The molecule has 0 unspecified atom stereocenters. The van der Waals surface area contributed by atoms with Crippen LogP contribution in [-0.4, -0.2) is 47.9 Å². The maximum absolute atomic E-state index is 9.27. The van der Waals surface area contributed by atoms with Gasteiger partial charge in [-0.15, -0.1) is 5.10 Å². The van der Waals surface area contributed by atoms with Crippen molar-refractivity contribution in [1.82, 2.24) is 29.5 Å². The Morgan fingerprint density at radius 3 is 2.84 bits per heavy atom. The first-order valence-electron chi connectivity index (χ1n) is 9.99. The van der Waals surface area contributed by atoms with Crippen molar-refractivity contribution >= 4 is 11.7 Å². The fourth-order valence-corrected chi connectivity index (χ4v) is 3.39. The minimum absolute atomic E-state index is 0.237. The van der Waals surface area contributed by atoms with Crippen molar-refractivity contribution in [3.63, 3.8) is 0 Å². The van der Waals surface area contributed by atoms with Crippen molar-refractivity contribution in [1.29, 1.82) is 0 Å². The minimum Gasteiger partial charge on any atom is -0.490 e. The van der Waals surface area contributed by atoms with Crippen LogP contribution >= 0.6 is 0 Å². The zero-order chi connectivity index (χ0) is 21.2. The second-order valence-corrected chi connectivity index (χ2v) is 7.11. The van der Waals surface area contributed by atoms with Crippen LogP contribution in [0.25, 0.3) is 17.0 Å². The van der Waals surface area contributed by atoms with Crippen LogP contribution in [0.15, 0.2) is 36.7 Å². The number of hydrogen-bond acceptors (Lipinski definition) is 9. The summed E-state index contributed by atoms with van der Waals surface area (Å²) in [5.41, 5.74) is 3.38. The summed E-state index contributed by atoms with van der Waals surface area (Å²) in [4.78, 5) is 17.5. The topological polar surface area (TPSA) is 120 Å². The number of aromatic nitrogens is 6. The van der Waals surface area contributed by atoms with Gasteiger partial charge >= 0.3 is 0 Å². The fourth-order valence-electron chi connectivity index (χ4n) is 3.39. The smallest absolute Gasteiger partial charge is 0.252 e. The molecule has 2 N–H and O–H groups in total. The minimum atomic E-state index is -0.237. The van der Waals surface area contributed by atoms with Crippen LogP contribution in [0.5, 0.6) is 11.5 Å². The number of benzene rings is 1. The lowest BCUT2D eigenvalue weighted by Crippen LogP contribution is -2.05. The van der Waals surface area contributed by atoms with Gasteiger partial charge in [-0.1, -0.05) is 6.07 Å². The molecule has 0 saturated carbocycles. The first kappa shape index (κ1) is 19.2. The lowest BCUT2D eigenvalue weighted by Gasteiger charge is -2.11. The third kappa shape index (κ3) is 3.84. The number of ether oxygens (including phenoxy) is 2. The first-order valence-corrected chi connectivity index (χ1v) is 9.99. The van der Waals surface area contributed by atoms with Crippen LogP contribution in [-0.2, 0) is 13.2 Å². The number of anilines is 1. The number of nitrogens with one attached hydrogen (secondary N) is 1. The summed E-state index contributed by atoms with van der Waals surface area (Å²) in [5.74, 6) is 2.80. The Labute approximate surface area is 177 Å². The lowest BCUT2D eigenvalue weighted by molar-refractivity contribution is 0.271. The molecule has 0 radical (unpaired) electrons. The molecule has 1 aliphatic heterocycles. The Bertz CT molecular complexity index is 1240. The number of nitrogens with zero attached hydrogens (tertiary/aromatic N) is 6. The highest BCUT2D eigenvalue weighted by Crippen LogP contribution is 2.30. The van der Waals surface area contributed by atoms with Crippen molar-refractivity contribution in [3.8, 4) is 22.8 Å². The average Bonchev–Trinajstić information content (AvgIpc) is 3.09. The Kier molecular flexibility index (Phi) is 5.04. The molecule has 0 fully saturated rings. The van der Waals surface area contributed by atoms with Gasteiger partial charge in [0.05, 0.1) is 24.6 Å². The van der Waals surface area contributed by atoms with Gasteiger partial charge in [0.1, 0.15) is 6.61 Å². The fraction of sp³-hybridized carbons (Fsp3) is 0.286. The number of aliphatic hydroxyl groups is 1. The molecular formula is C21H21N7O3. The van der Waals surface area contributed by atoms with Crippen molar-refractivity contribution in [2.75, 3.05) is 18.5 Å². The summed E-state index contributed by atoms with van der Waals surface area (Å²) >= 11 is 0. The van der Waals surface area contributed by atoms with E-state index < -0.39 is 0 Å². The number of hydrogen-bond donors (Lipinski definition) is 2. The Morgan fingerprint density at radius 2 is 1.97 bits per heavy atom. The van der Waals surface area contributed by atoms with Gasteiger partial charge in [0.2, 0.25) is 5.95 Å². The van der Waals surface area contributed by atoms with Crippen molar-refractivity contribution < 1.29 is 14.6 Å². The maximum atomic E-state index is 9.27. The van der Waals surface area contributed by atoms with E-state index in [1.807, 2.05) is 31.2 Å². The maximum Gasteiger partial charge on any atom is 0.252 e. The monoisotopic (exact) mass is 419 g/mol. The number of fused-ring (bicyclic) bond motifs is 2. The highest BCUT2D eigenvalue weighted by atomic mass is 16.5. The predicted molar refractivity (Wildman–Crippen MR) is 112 cm³/mol. The molecule has 4 aromatic rings. The van der Waals surface area contributed by atoms with Crippen LogP contribution < -0.4 is 14.8 Å². The normalized spacial score (nSPS) is 13.2. The van der Waals surface area contributed by atoms with E-state index in [9.17, 15) is 5.11 Å². The summed E-state index contributed by atoms with van der Waals surface area (Å²) in [6.07, 6.45) is 4.28. The molecule has 0 bridgehead atoms. The van der Waals surface area contributed by atoms with E-state index in [4.69, 9.17) is 9.47 Å². The molecule has 0 atom stereocenters. The van der Waals surface area contributed by atoms with Crippen molar-refractivity contribution in [3.05, 3.63) is 53.7 Å². The van der Waals surface area contributed by atoms with E-state index in [1.54, 1.807) is 16.9 Å². The largest absolute Gasteiger partial charge is 0.490 e. The molecule has 1 aliphatic rings. The van der Waals surface area contributed by atoms with Crippen LogP contribution in [0.1, 0.15) is 23.5 Å². The molecule has 0 spiro atoms. The molecule has 3 aromatic heterocycles. The average molecular weight is 419 g/mol. The van der Waals surface area contributed by atoms with Gasteiger partial charge < -0.3 is 19.9 Å². The highest BCUT2D eigenvalue weighted by molar-refractivity contribution is 5.63. The second kappa shape index (κ2) is 8.15. The molecule has 10 heteroatoms. The molecule has 4 heterocycles. The Balaban J connectivity index is 1.37. The summed E-state index contributed by atoms with van der Waals surface area (Å²) in [7, 11) is 0. The summed E-state index contributed by atoms with van der Waals surface area (Å²) in [6.45, 7) is 3.53. The van der Waals surface area contributed by atoms with E-state index in [2.05, 4.69) is 30.4 Å². The summed E-state index contributed by atoms with van der Waals surface area (Å²) < 4.78 is 13.0. The van der Waals surface area contributed by atoms with Gasteiger partial charge in [-0.05, 0) is 30.7 Å². The molecule has 1 aromatic carbocycles. The molecule has 10 nitrogen and oxygen atoms in total. The molecule has 5 rings (SSSR count). The van der Waals surface area contributed by atoms with E-state index in [0.717, 1.165) is 34.7 Å². The van der Waals surface area contributed by atoms with Crippen molar-refractivity contribution in [2.45, 2.75) is 26.5 Å². The molecule has 0 amide bonds. The van der Waals surface area contributed by atoms with E-state index in [-0.39, 0.29) is 6.61 Å². The third-order valence-corrected chi connectivity index (χ3v) is 4.99. The Morgan fingerprint density at radius 1 is 1.10 bits per heavy atom. The quantitative estimate of drug-likeness (QED) is 0.501. The van der Waals surface area contributed by atoms with Gasteiger partial charge in [-0.3, -0.25) is 0 Å². The summed E-state index contributed by atoms with van der Waals surface area (Å²) in [6, 6.07) is 7.72. The van der Waals surface area contributed by atoms with E-state index >= 15 is 0 Å². The number of aryl methyl sites for hydroxylation is 1. The number of rotatable bonds is 5. The number of aliphatic hydroxyl groups excluding tert-OH is 1. The van der Waals surface area contributed by atoms with Gasteiger partial charge in [0.15, 0.2) is 17.3 Å². The van der Waals surface area contributed by atoms with Crippen LogP contribution in [0.2, 0.25) is 0 Å². The van der Waals surface area contributed by atoms with Crippen molar-refractivity contribution in [2.24, 2.45) is 0 Å². The van der Waals surface area contributed by atoms with Gasteiger partial charge in [-0.2, -0.15) is 4.98 Å². The standard InChI is InChI=1S/C21H21N7O3/c1-13-15(11-24-21-26-19(12-29)27-28(13)21)16-5-6-22-20(25-16)23-10-14-3-4-17-18(9-14)31-8-2-7-30-17/h3-6,9,11,29H,2,7-8,10,12H2,1H3,(H,22,23,25). The van der Waals surface area contributed by atoms with E-state index in [1.165, 1.54) is 0 Å². The first-order chi connectivity index (χ1) is 15.2. The van der Waals surface area contributed by atoms with Crippen LogP contribution in [0.4, 0.5) is 5.95 Å². The summed E-state index contributed by atoms with van der Waals surface area (Å²) in [5, 5.41) is 16.8. The van der Waals surface area contributed by atoms with Gasteiger partial charge in [0.25, 0.3) is 5.78 Å². The molecule has 158 valence electrons. The lowest BCUT2D eigenvalue weighted by atomic mass is 10.2. The molecule has 0 aliphatic carbocycles. The highest BCUT2D eigenvalue weighted by Gasteiger charge is 2.14. The predicted octanol–water partition coefficient (Wildman–Crippen LogP) is 2.16. The molecular weight excluding hydrogens is 398 g/mol. The van der Waals surface area contributed by atoms with Crippen LogP contribution in [0.3, 0.4) is 0 Å². The zero-order valence-corrected chi connectivity index (χ0v) is 16.9. The van der Waals surface area contributed by atoms with E-state index in [0.29, 0.717) is 43.0 Å². The second-order valence-electron chi connectivity index (χ2n) is 7.11. The van der Waals surface area contributed by atoms with Gasteiger partial charge in [0, 0.05) is 30.9 Å². The van der Waals surface area contributed by atoms with Gasteiger partial charge in [-0.25, -0.2) is 19.5 Å². The zero-order valence-electron chi connectivity index (χ0n) is 16.9. The van der Waals surface area contributed by atoms with Crippen LogP contribution in [0, 0.1) is 6.92 Å². The third-order valence-electron chi connectivity index (χ3n) is 4.99. The molecule has 0 saturated heterocycles. The SMILES string of the molecule is Cc1c(-c2ccnc(NCc3ccc4c(c3)OCCCO4)n2)cnc2nc(CO)nn12.